The van der Waals surface area contributed by atoms with Crippen LogP contribution >= 0.6 is 23.8 Å². The first kappa shape index (κ1) is 12.3. The Kier molecular flexibility index (Phi) is 2.88. The van der Waals surface area contributed by atoms with Crippen LogP contribution in [0.2, 0.25) is 5.02 Å². The van der Waals surface area contributed by atoms with Gasteiger partial charge in [-0.3, -0.25) is 4.57 Å². The number of benzene rings is 1. The van der Waals surface area contributed by atoms with Crippen molar-refractivity contribution in [2.75, 3.05) is 0 Å². The number of fused-ring (bicyclic) bond motifs is 1. The normalized spacial score (nSPS) is 11.1. The van der Waals surface area contributed by atoms with Gasteiger partial charge in [-0.2, -0.15) is 0 Å². The van der Waals surface area contributed by atoms with Crippen molar-refractivity contribution < 1.29 is 4.39 Å². The Morgan fingerprint density at radius 3 is 2.95 bits per heavy atom. The van der Waals surface area contributed by atoms with Gasteiger partial charge in [0.2, 0.25) is 0 Å². The summed E-state index contributed by atoms with van der Waals surface area (Å²) < 4.78 is 15.6. The highest BCUT2D eigenvalue weighted by molar-refractivity contribution is 7.71. The number of aryl methyl sites for hydroxylation is 1. The molecule has 2 heterocycles. The molecule has 1 N–H and O–H groups in total. The van der Waals surface area contributed by atoms with E-state index in [1.807, 2.05) is 6.92 Å². The highest BCUT2D eigenvalue weighted by Crippen LogP contribution is 2.23. The lowest BCUT2D eigenvalue weighted by Gasteiger charge is -2.07. The largest absolute Gasteiger partial charge is 0.329 e. The highest BCUT2D eigenvalue weighted by Gasteiger charge is 2.11. The molecule has 0 amide bonds. The number of halogens is 2. The molecule has 0 saturated heterocycles. The predicted molar refractivity (Wildman–Crippen MR) is 76.0 cm³/mol. The summed E-state index contributed by atoms with van der Waals surface area (Å²) in [6.45, 7) is 1.89. The molecule has 3 nitrogen and oxygen atoms in total. The van der Waals surface area contributed by atoms with Crippen LogP contribution in [0.1, 0.15) is 5.56 Å². The summed E-state index contributed by atoms with van der Waals surface area (Å²) >= 11 is 11.2. The number of aromatic amines is 1. The first-order valence-electron chi connectivity index (χ1n) is 5.59. The summed E-state index contributed by atoms with van der Waals surface area (Å²) in [5, 5.41) is 0.520. The fraction of sp³-hybridized carbons (Fsp3) is 0.0769. The molecule has 0 radical (unpaired) electrons. The summed E-state index contributed by atoms with van der Waals surface area (Å²) in [6.07, 6.45) is 1.54. The van der Waals surface area contributed by atoms with Crippen LogP contribution < -0.4 is 0 Å². The molecule has 0 aliphatic carbocycles. The molecule has 0 fully saturated rings. The van der Waals surface area contributed by atoms with Gasteiger partial charge in [0.1, 0.15) is 5.82 Å². The van der Waals surface area contributed by atoms with E-state index < -0.39 is 0 Å². The molecule has 0 bridgehead atoms. The van der Waals surface area contributed by atoms with Crippen molar-refractivity contribution in [3.05, 3.63) is 51.6 Å². The molecule has 3 rings (SSSR count). The van der Waals surface area contributed by atoms with Crippen molar-refractivity contribution in [3.8, 4) is 5.69 Å². The SMILES string of the molecule is Cc1ccc(F)cc1-n1c(=S)[nH]c2cc(Cl)cnc21. The molecule has 6 heteroatoms. The maximum absolute atomic E-state index is 13.4. The Labute approximate surface area is 118 Å². The minimum atomic E-state index is -0.314. The predicted octanol–water partition coefficient (Wildman–Crippen LogP) is 4.18. The van der Waals surface area contributed by atoms with Gasteiger partial charge in [-0.25, -0.2) is 9.37 Å². The van der Waals surface area contributed by atoms with E-state index in [-0.39, 0.29) is 5.82 Å². The zero-order valence-electron chi connectivity index (χ0n) is 9.95. The molecule has 3 aromatic rings. The van der Waals surface area contributed by atoms with E-state index in [9.17, 15) is 4.39 Å². The second-order valence-electron chi connectivity index (χ2n) is 4.22. The molecule has 0 aliphatic rings. The minimum Gasteiger partial charge on any atom is -0.329 e. The van der Waals surface area contributed by atoms with Gasteiger partial charge in [0.15, 0.2) is 10.4 Å². The minimum absolute atomic E-state index is 0.314. The van der Waals surface area contributed by atoms with E-state index in [0.29, 0.717) is 21.1 Å². The number of nitrogens with one attached hydrogen (secondary N) is 1. The fourth-order valence-electron chi connectivity index (χ4n) is 2.02. The van der Waals surface area contributed by atoms with Crippen molar-refractivity contribution >= 4 is 35.0 Å². The van der Waals surface area contributed by atoms with Gasteiger partial charge in [-0.05, 0) is 42.9 Å². The van der Waals surface area contributed by atoms with E-state index >= 15 is 0 Å². The lowest BCUT2D eigenvalue weighted by Crippen LogP contribution is -1.99. The maximum atomic E-state index is 13.4. The number of H-pyrrole nitrogens is 1. The third kappa shape index (κ3) is 2.05. The third-order valence-electron chi connectivity index (χ3n) is 2.90. The smallest absolute Gasteiger partial charge is 0.184 e. The van der Waals surface area contributed by atoms with E-state index in [4.69, 9.17) is 23.8 Å². The first-order chi connectivity index (χ1) is 9.06. The average molecular weight is 294 g/mol. The number of imidazole rings is 1. The standard InChI is InChI=1S/C13H9ClFN3S/c1-7-2-3-9(15)5-11(7)18-12-10(17-13(18)19)4-8(14)6-16-12/h2-6H,1H3,(H,17,19). The summed E-state index contributed by atoms with van der Waals surface area (Å²) in [7, 11) is 0. The van der Waals surface area contributed by atoms with Crippen LogP contribution in [0.3, 0.4) is 0 Å². The maximum Gasteiger partial charge on any atom is 0.184 e. The lowest BCUT2D eigenvalue weighted by atomic mass is 10.2. The van der Waals surface area contributed by atoms with E-state index in [0.717, 1.165) is 11.1 Å². The summed E-state index contributed by atoms with van der Waals surface area (Å²) in [5.74, 6) is -0.314. The van der Waals surface area contributed by atoms with Gasteiger partial charge < -0.3 is 4.98 Å². The second kappa shape index (κ2) is 4.43. The molecule has 0 spiro atoms. The number of aromatic nitrogens is 3. The highest BCUT2D eigenvalue weighted by atomic mass is 35.5. The molecule has 19 heavy (non-hydrogen) atoms. The van der Waals surface area contributed by atoms with E-state index in [2.05, 4.69) is 9.97 Å². The van der Waals surface area contributed by atoms with Crippen LogP contribution in [-0.2, 0) is 0 Å². The molecule has 0 saturated carbocycles. The van der Waals surface area contributed by atoms with Crippen molar-refractivity contribution in [2.24, 2.45) is 0 Å². The second-order valence-corrected chi connectivity index (χ2v) is 5.04. The zero-order chi connectivity index (χ0) is 13.6. The Balaban J connectivity index is 2.39. The Morgan fingerprint density at radius 2 is 2.16 bits per heavy atom. The quantitative estimate of drug-likeness (QED) is 0.683. The van der Waals surface area contributed by atoms with Crippen molar-refractivity contribution in [2.45, 2.75) is 6.92 Å². The van der Waals surface area contributed by atoms with Crippen LogP contribution in [0.15, 0.2) is 30.5 Å². The van der Waals surface area contributed by atoms with Gasteiger partial charge in [0.25, 0.3) is 0 Å². The van der Waals surface area contributed by atoms with Gasteiger partial charge in [0.05, 0.1) is 16.2 Å². The lowest BCUT2D eigenvalue weighted by molar-refractivity contribution is 0.626. The molecular weight excluding hydrogens is 285 g/mol. The Bertz CT molecular complexity index is 838. The van der Waals surface area contributed by atoms with Gasteiger partial charge in [-0.1, -0.05) is 17.7 Å². The summed E-state index contributed by atoms with van der Waals surface area (Å²) in [6, 6.07) is 6.31. The molecule has 0 unspecified atom stereocenters. The number of nitrogens with zero attached hydrogens (tertiary/aromatic N) is 2. The van der Waals surface area contributed by atoms with Gasteiger partial charge >= 0.3 is 0 Å². The topological polar surface area (TPSA) is 33.6 Å². The molecule has 96 valence electrons. The molecule has 2 aromatic heterocycles. The van der Waals surface area contributed by atoms with Crippen LogP contribution in [-0.4, -0.2) is 14.5 Å². The van der Waals surface area contributed by atoms with Crippen LogP contribution in [0, 0.1) is 17.5 Å². The van der Waals surface area contributed by atoms with Crippen molar-refractivity contribution in [3.63, 3.8) is 0 Å². The Hall–Kier alpha value is -1.72. The number of pyridine rings is 1. The van der Waals surface area contributed by atoms with E-state index in [1.165, 1.54) is 18.3 Å². The number of hydrogen-bond donors (Lipinski definition) is 1. The van der Waals surface area contributed by atoms with Crippen molar-refractivity contribution in [1.29, 1.82) is 0 Å². The zero-order valence-corrected chi connectivity index (χ0v) is 11.5. The summed E-state index contributed by atoms with van der Waals surface area (Å²) in [5.41, 5.74) is 2.94. The van der Waals surface area contributed by atoms with Crippen LogP contribution in [0.5, 0.6) is 0 Å². The van der Waals surface area contributed by atoms with E-state index in [1.54, 1.807) is 16.7 Å². The van der Waals surface area contributed by atoms with Crippen LogP contribution in [0.25, 0.3) is 16.9 Å². The fourth-order valence-corrected chi connectivity index (χ4v) is 2.47. The molecule has 1 aromatic carbocycles. The Morgan fingerprint density at radius 1 is 1.37 bits per heavy atom. The molecule has 0 aliphatic heterocycles. The van der Waals surface area contributed by atoms with Gasteiger partial charge in [0, 0.05) is 6.20 Å². The number of hydrogen-bond acceptors (Lipinski definition) is 2. The number of rotatable bonds is 1. The van der Waals surface area contributed by atoms with Crippen LogP contribution in [0.4, 0.5) is 4.39 Å². The molecule has 0 atom stereocenters. The average Bonchev–Trinajstić information content (AvgIpc) is 2.67. The molecular formula is C13H9ClFN3S. The first-order valence-corrected chi connectivity index (χ1v) is 6.37. The third-order valence-corrected chi connectivity index (χ3v) is 3.39. The monoisotopic (exact) mass is 293 g/mol. The summed E-state index contributed by atoms with van der Waals surface area (Å²) in [4.78, 5) is 7.28. The van der Waals surface area contributed by atoms with Gasteiger partial charge in [-0.15, -0.1) is 0 Å². The van der Waals surface area contributed by atoms with Crippen molar-refractivity contribution in [1.82, 2.24) is 14.5 Å².